The Kier molecular flexibility index (Phi) is 2.67. The second-order valence-electron chi connectivity index (χ2n) is 2.36. The van der Waals surface area contributed by atoms with Crippen molar-refractivity contribution in [3.63, 3.8) is 0 Å². The molecule has 1 unspecified atom stereocenters. The van der Waals surface area contributed by atoms with Gasteiger partial charge in [0.05, 0.1) is 12.4 Å². The molecule has 1 aromatic rings. The topological polar surface area (TPSA) is 64.9 Å². The van der Waals surface area contributed by atoms with Gasteiger partial charge in [0.15, 0.2) is 0 Å². The van der Waals surface area contributed by atoms with E-state index in [-0.39, 0.29) is 12.1 Å². The summed E-state index contributed by atoms with van der Waals surface area (Å²) in [6, 6.07) is -0.812. The number of pyridine rings is 1. The summed E-state index contributed by atoms with van der Waals surface area (Å²) < 4.78 is 25.7. The van der Waals surface area contributed by atoms with Gasteiger partial charge in [0.25, 0.3) is 0 Å². The van der Waals surface area contributed by atoms with Gasteiger partial charge in [-0.05, 0) is 0 Å². The number of hydrogen-bond donors (Lipinski definition) is 2. The van der Waals surface area contributed by atoms with Crippen LogP contribution < -0.4 is 11.5 Å². The van der Waals surface area contributed by atoms with Crippen LogP contribution in [0.5, 0.6) is 0 Å². The van der Waals surface area contributed by atoms with Gasteiger partial charge in [-0.25, -0.2) is 8.78 Å². The molecular formula is C7H9F2N3. The summed E-state index contributed by atoms with van der Waals surface area (Å²) >= 11 is 0. The van der Waals surface area contributed by atoms with E-state index < -0.39 is 17.7 Å². The quantitative estimate of drug-likeness (QED) is 0.676. The smallest absolute Gasteiger partial charge is 0.149 e. The SMILES string of the molecule is NCC(N)c1c(F)cncc1F. The predicted molar refractivity (Wildman–Crippen MR) is 40.1 cm³/mol. The van der Waals surface area contributed by atoms with Gasteiger partial charge < -0.3 is 11.5 Å². The van der Waals surface area contributed by atoms with Gasteiger partial charge in [0.1, 0.15) is 11.6 Å². The zero-order chi connectivity index (χ0) is 9.14. The molecule has 1 aromatic heterocycles. The van der Waals surface area contributed by atoms with Gasteiger partial charge in [-0.3, -0.25) is 4.98 Å². The molecule has 0 spiro atoms. The van der Waals surface area contributed by atoms with Gasteiger partial charge in [-0.1, -0.05) is 0 Å². The van der Waals surface area contributed by atoms with Crippen molar-refractivity contribution in [2.75, 3.05) is 6.54 Å². The fourth-order valence-corrected chi connectivity index (χ4v) is 0.893. The average molecular weight is 173 g/mol. The van der Waals surface area contributed by atoms with Crippen LogP contribution in [0.1, 0.15) is 11.6 Å². The van der Waals surface area contributed by atoms with Crippen LogP contribution in [0.2, 0.25) is 0 Å². The monoisotopic (exact) mass is 173 g/mol. The molecule has 0 radical (unpaired) electrons. The zero-order valence-corrected chi connectivity index (χ0v) is 6.30. The van der Waals surface area contributed by atoms with Crippen LogP contribution in [-0.2, 0) is 0 Å². The first-order valence-corrected chi connectivity index (χ1v) is 3.41. The van der Waals surface area contributed by atoms with Crippen LogP contribution in [0.15, 0.2) is 12.4 Å². The molecule has 3 nitrogen and oxygen atoms in total. The number of rotatable bonds is 2. The fraction of sp³-hybridized carbons (Fsp3) is 0.286. The second-order valence-corrected chi connectivity index (χ2v) is 2.36. The summed E-state index contributed by atoms with van der Waals surface area (Å²) in [4.78, 5) is 3.31. The molecule has 0 aliphatic heterocycles. The van der Waals surface area contributed by atoms with Crippen LogP contribution in [0.3, 0.4) is 0 Å². The van der Waals surface area contributed by atoms with E-state index in [1.54, 1.807) is 0 Å². The van der Waals surface area contributed by atoms with Gasteiger partial charge in [0, 0.05) is 18.2 Å². The molecule has 0 bridgehead atoms. The molecule has 1 atom stereocenters. The number of hydrogen-bond acceptors (Lipinski definition) is 3. The van der Waals surface area contributed by atoms with Crippen LogP contribution in [0.25, 0.3) is 0 Å². The van der Waals surface area contributed by atoms with Gasteiger partial charge in [-0.15, -0.1) is 0 Å². The molecule has 5 heteroatoms. The Bertz CT molecular complexity index is 257. The molecule has 0 saturated heterocycles. The van der Waals surface area contributed by atoms with Crippen molar-refractivity contribution in [1.29, 1.82) is 0 Å². The highest BCUT2D eigenvalue weighted by Crippen LogP contribution is 2.16. The lowest BCUT2D eigenvalue weighted by molar-refractivity contribution is 0.520. The first kappa shape index (κ1) is 9.02. The summed E-state index contributed by atoms with van der Waals surface area (Å²) in [5.41, 5.74) is 10.3. The summed E-state index contributed by atoms with van der Waals surface area (Å²) in [5, 5.41) is 0. The second kappa shape index (κ2) is 3.55. The largest absolute Gasteiger partial charge is 0.329 e. The minimum absolute atomic E-state index is 0.00213. The molecule has 0 saturated carbocycles. The van der Waals surface area contributed by atoms with Gasteiger partial charge >= 0.3 is 0 Å². The van der Waals surface area contributed by atoms with E-state index in [0.29, 0.717) is 0 Å². The van der Waals surface area contributed by atoms with E-state index in [1.165, 1.54) is 0 Å². The molecule has 0 fully saturated rings. The Hall–Kier alpha value is -1.07. The molecular weight excluding hydrogens is 164 g/mol. The van der Waals surface area contributed by atoms with E-state index in [9.17, 15) is 8.78 Å². The van der Waals surface area contributed by atoms with E-state index in [2.05, 4.69) is 4.98 Å². The van der Waals surface area contributed by atoms with E-state index in [4.69, 9.17) is 11.5 Å². The van der Waals surface area contributed by atoms with Gasteiger partial charge in [0.2, 0.25) is 0 Å². The van der Waals surface area contributed by atoms with Crippen molar-refractivity contribution in [3.8, 4) is 0 Å². The Labute approximate surface area is 68.4 Å². The number of aromatic nitrogens is 1. The molecule has 0 aliphatic carbocycles. The molecule has 66 valence electrons. The highest BCUT2D eigenvalue weighted by atomic mass is 19.1. The molecule has 1 rings (SSSR count). The first-order chi connectivity index (χ1) is 5.66. The number of nitrogens with zero attached hydrogens (tertiary/aromatic N) is 1. The van der Waals surface area contributed by atoms with E-state index >= 15 is 0 Å². The Morgan fingerprint density at radius 1 is 1.33 bits per heavy atom. The van der Waals surface area contributed by atoms with Crippen LogP contribution >= 0.6 is 0 Å². The third-order valence-corrected chi connectivity index (χ3v) is 1.52. The van der Waals surface area contributed by atoms with Crippen molar-refractivity contribution < 1.29 is 8.78 Å². The maximum Gasteiger partial charge on any atom is 0.149 e. The highest BCUT2D eigenvalue weighted by molar-refractivity contribution is 5.19. The summed E-state index contributed by atoms with van der Waals surface area (Å²) in [7, 11) is 0. The Morgan fingerprint density at radius 3 is 2.25 bits per heavy atom. The van der Waals surface area contributed by atoms with Crippen molar-refractivity contribution in [3.05, 3.63) is 29.6 Å². The van der Waals surface area contributed by atoms with E-state index in [0.717, 1.165) is 12.4 Å². The number of halogens is 2. The molecule has 0 aromatic carbocycles. The standard InChI is InChI=1S/C7H9F2N3/c8-4-2-12-3-5(9)7(4)6(11)1-10/h2-3,6H,1,10-11H2. The minimum atomic E-state index is -0.812. The maximum absolute atomic E-state index is 12.8. The maximum atomic E-state index is 12.8. The first-order valence-electron chi connectivity index (χ1n) is 3.41. The summed E-state index contributed by atoms with van der Waals surface area (Å²) in [6.45, 7) is -0.00213. The normalized spacial score (nSPS) is 13.0. The Balaban J connectivity index is 3.12. The van der Waals surface area contributed by atoms with Crippen LogP contribution in [0.4, 0.5) is 8.78 Å². The van der Waals surface area contributed by atoms with Gasteiger partial charge in [-0.2, -0.15) is 0 Å². The minimum Gasteiger partial charge on any atom is -0.329 e. The molecule has 0 amide bonds. The molecule has 12 heavy (non-hydrogen) atoms. The lowest BCUT2D eigenvalue weighted by Gasteiger charge is -2.09. The van der Waals surface area contributed by atoms with Crippen molar-refractivity contribution in [2.24, 2.45) is 11.5 Å². The molecule has 1 heterocycles. The van der Waals surface area contributed by atoms with E-state index in [1.807, 2.05) is 0 Å². The fourth-order valence-electron chi connectivity index (χ4n) is 0.893. The van der Waals surface area contributed by atoms with Crippen molar-refractivity contribution in [1.82, 2.24) is 4.98 Å². The molecule has 4 N–H and O–H groups in total. The third kappa shape index (κ3) is 1.57. The lowest BCUT2D eigenvalue weighted by atomic mass is 10.1. The van der Waals surface area contributed by atoms with Crippen molar-refractivity contribution in [2.45, 2.75) is 6.04 Å². The number of nitrogens with two attached hydrogens (primary N) is 2. The summed E-state index contributed by atoms with van der Waals surface area (Å²) in [6.07, 6.45) is 1.82. The average Bonchev–Trinajstić information content (AvgIpc) is 2.03. The highest BCUT2D eigenvalue weighted by Gasteiger charge is 2.14. The van der Waals surface area contributed by atoms with Crippen LogP contribution in [0, 0.1) is 11.6 Å². The Morgan fingerprint density at radius 2 is 1.83 bits per heavy atom. The predicted octanol–water partition coefficient (Wildman–Crippen LogP) is 0.318. The molecule has 0 aliphatic rings. The van der Waals surface area contributed by atoms with Crippen LogP contribution in [-0.4, -0.2) is 11.5 Å². The zero-order valence-electron chi connectivity index (χ0n) is 6.30. The van der Waals surface area contributed by atoms with Crippen molar-refractivity contribution >= 4 is 0 Å². The summed E-state index contributed by atoms with van der Waals surface area (Å²) in [5.74, 6) is -1.51. The lowest BCUT2D eigenvalue weighted by Crippen LogP contribution is -2.23. The third-order valence-electron chi connectivity index (χ3n) is 1.52.